The third-order valence-electron chi connectivity index (χ3n) is 3.87. The number of rotatable bonds is 6. The smallest absolute Gasteiger partial charge is 0.141 e. The van der Waals surface area contributed by atoms with Gasteiger partial charge in [-0.05, 0) is 37.5 Å². The first-order valence-corrected chi connectivity index (χ1v) is 8.65. The molecule has 4 nitrogen and oxygen atoms in total. The minimum absolute atomic E-state index is 0.857. The Morgan fingerprint density at radius 3 is 2.57 bits per heavy atom. The van der Waals surface area contributed by atoms with Crippen molar-refractivity contribution in [2.75, 3.05) is 32.1 Å². The molecule has 0 aliphatic heterocycles. The fraction of sp³-hybridized carbons (Fsp3) is 0.333. The number of fused-ring (bicyclic) bond motifs is 1. The van der Waals surface area contributed by atoms with E-state index in [0.717, 1.165) is 30.3 Å². The van der Waals surface area contributed by atoms with Gasteiger partial charge in [0.15, 0.2) is 0 Å². The number of hydrogen-bond acceptors (Lipinski definition) is 5. The average molecular weight is 326 g/mol. The molecule has 23 heavy (non-hydrogen) atoms. The van der Waals surface area contributed by atoms with Gasteiger partial charge in [0, 0.05) is 19.6 Å². The minimum Gasteiger partial charge on any atom is -0.350 e. The van der Waals surface area contributed by atoms with E-state index in [1.807, 2.05) is 0 Å². The monoisotopic (exact) mass is 326 g/mol. The first-order chi connectivity index (χ1) is 11.1. The van der Waals surface area contributed by atoms with Gasteiger partial charge >= 0.3 is 0 Å². The predicted octanol–water partition coefficient (Wildman–Crippen LogP) is 3.57. The Kier molecular flexibility index (Phi) is 4.88. The summed E-state index contributed by atoms with van der Waals surface area (Å²) in [6, 6.07) is 10.6. The summed E-state index contributed by atoms with van der Waals surface area (Å²) >= 11 is 1.69. The number of benzene rings is 1. The normalized spacial score (nSPS) is 11.3. The molecule has 0 aliphatic carbocycles. The number of nitrogens with zero attached hydrogens (tertiary/aromatic N) is 4. The van der Waals surface area contributed by atoms with E-state index in [1.54, 1.807) is 17.7 Å². The molecular formula is C18H22N4S. The molecular weight excluding hydrogens is 304 g/mol. The molecule has 3 aromatic rings. The van der Waals surface area contributed by atoms with Crippen LogP contribution in [0.2, 0.25) is 0 Å². The van der Waals surface area contributed by atoms with Gasteiger partial charge in [-0.1, -0.05) is 30.3 Å². The zero-order valence-corrected chi connectivity index (χ0v) is 14.7. The lowest BCUT2D eigenvalue weighted by Crippen LogP contribution is -2.32. The number of likely N-dealkylation sites (N-methyl/N-ethyl adjacent to an activating group) is 1. The van der Waals surface area contributed by atoms with Gasteiger partial charge < -0.3 is 9.80 Å². The van der Waals surface area contributed by atoms with Gasteiger partial charge in [0.25, 0.3) is 0 Å². The number of thiophene rings is 1. The molecule has 3 rings (SSSR count). The predicted molar refractivity (Wildman–Crippen MR) is 98.2 cm³/mol. The van der Waals surface area contributed by atoms with E-state index < -0.39 is 0 Å². The zero-order valence-electron chi connectivity index (χ0n) is 13.9. The Bertz CT molecular complexity index is 767. The van der Waals surface area contributed by atoms with Crippen molar-refractivity contribution in [3.63, 3.8) is 0 Å². The van der Waals surface area contributed by atoms with Gasteiger partial charge in [0.1, 0.15) is 17.0 Å². The molecule has 0 N–H and O–H groups in total. The topological polar surface area (TPSA) is 32.3 Å². The molecule has 0 saturated heterocycles. The van der Waals surface area contributed by atoms with Gasteiger partial charge in [-0.15, -0.1) is 11.3 Å². The standard InChI is InChI=1S/C18H22N4S/c1-14-12-23-18-16(14)17(19-13-20-18)22(10-9-21(2)3)11-15-7-5-4-6-8-15/h4-8,12-13H,9-11H2,1-3H3. The van der Waals surface area contributed by atoms with Crippen LogP contribution in [0, 0.1) is 6.92 Å². The maximum absolute atomic E-state index is 4.62. The quantitative estimate of drug-likeness (QED) is 0.693. The SMILES string of the molecule is Cc1csc2ncnc(N(CCN(C)C)Cc3ccccc3)c12. The number of aryl methyl sites for hydroxylation is 1. The van der Waals surface area contributed by atoms with Crippen molar-refractivity contribution >= 4 is 27.4 Å². The molecule has 0 radical (unpaired) electrons. The lowest BCUT2D eigenvalue weighted by Gasteiger charge is -2.26. The van der Waals surface area contributed by atoms with Gasteiger partial charge in [-0.25, -0.2) is 9.97 Å². The van der Waals surface area contributed by atoms with E-state index >= 15 is 0 Å². The third kappa shape index (κ3) is 3.68. The van der Waals surface area contributed by atoms with Crippen LogP contribution >= 0.6 is 11.3 Å². The summed E-state index contributed by atoms with van der Waals surface area (Å²) in [5.41, 5.74) is 2.55. The number of aromatic nitrogens is 2. The Labute approximate surface area is 141 Å². The Morgan fingerprint density at radius 2 is 1.83 bits per heavy atom. The third-order valence-corrected chi connectivity index (χ3v) is 4.87. The molecule has 1 aromatic carbocycles. The van der Waals surface area contributed by atoms with Crippen LogP contribution in [0.5, 0.6) is 0 Å². The number of anilines is 1. The maximum Gasteiger partial charge on any atom is 0.141 e. The fourth-order valence-corrected chi connectivity index (χ4v) is 3.51. The molecule has 0 unspecified atom stereocenters. The summed E-state index contributed by atoms with van der Waals surface area (Å²) in [4.78, 5) is 14.7. The van der Waals surface area contributed by atoms with Crippen molar-refractivity contribution in [1.29, 1.82) is 0 Å². The minimum atomic E-state index is 0.857. The van der Waals surface area contributed by atoms with Crippen molar-refractivity contribution in [2.24, 2.45) is 0 Å². The van der Waals surface area contributed by atoms with E-state index in [2.05, 4.69) is 76.5 Å². The highest BCUT2D eigenvalue weighted by Gasteiger charge is 2.16. The van der Waals surface area contributed by atoms with Gasteiger partial charge in [0.2, 0.25) is 0 Å². The van der Waals surface area contributed by atoms with Gasteiger partial charge in [-0.3, -0.25) is 0 Å². The van der Waals surface area contributed by atoms with Crippen LogP contribution in [0.4, 0.5) is 5.82 Å². The largest absolute Gasteiger partial charge is 0.350 e. The average Bonchev–Trinajstić information content (AvgIpc) is 2.94. The van der Waals surface area contributed by atoms with Crippen molar-refractivity contribution < 1.29 is 0 Å². The van der Waals surface area contributed by atoms with E-state index in [9.17, 15) is 0 Å². The summed E-state index contributed by atoms with van der Waals surface area (Å²) in [5, 5.41) is 3.35. The molecule has 0 saturated carbocycles. The van der Waals surface area contributed by atoms with Crippen LogP contribution in [0.15, 0.2) is 42.0 Å². The summed E-state index contributed by atoms with van der Waals surface area (Å²) in [6.07, 6.45) is 1.68. The maximum atomic E-state index is 4.62. The van der Waals surface area contributed by atoms with Gasteiger partial charge in [0.05, 0.1) is 5.39 Å². The summed E-state index contributed by atoms with van der Waals surface area (Å²) in [6.45, 7) is 4.92. The van der Waals surface area contributed by atoms with Crippen LogP contribution in [0.3, 0.4) is 0 Å². The van der Waals surface area contributed by atoms with Crippen molar-refractivity contribution in [3.8, 4) is 0 Å². The molecule has 0 aliphatic rings. The molecule has 0 amide bonds. The van der Waals surface area contributed by atoms with Crippen LogP contribution < -0.4 is 4.90 Å². The van der Waals surface area contributed by atoms with E-state index in [0.29, 0.717) is 0 Å². The first kappa shape index (κ1) is 15.9. The lowest BCUT2D eigenvalue weighted by molar-refractivity contribution is 0.412. The second-order valence-electron chi connectivity index (χ2n) is 6.01. The van der Waals surface area contributed by atoms with Crippen molar-refractivity contribution in [1.82, 2.24) is 14.9 Å². The van der Waals surface area contributed by atoms with Crippen LogP contribution in [-0.4, -0.2) is 42.1 Å². The summed E-state index contributed by atoms with van der Waals surface area (Å²) in [7, 11) is 4.21. The van der Waals surface area contributed by atoms with Crippen LogP contribution in [0.1, 0.15) is 11.1 Å². The van der Waals surface area contributed by atoms with E-state index in [4.69, 9.17) is 0 Å². The molecule has 0 atom stereocenters. The summed E-state index contributed by atoms with van der Waals surface area (Å²) < 4.78 is 0. The van der Waals surface area contributed by atoms with Gasteiger partial charge in [-0.2, -0.15) is 0 Å². The highest BCUT2D eigenvalue weighted by Crippen LogP contribution is 2.31. The second kappa shape index (κ2) is 7.06. The Morgan fingerprint density at radius 1 is 1.04 bits per heavy atom. The van der Waals surface area contributed by atoms with Crippen molar-refractivity contribution in [3.05, 3.63) is 53.2 Å². The molecule has 2 aromatic heterocycles. The van der Waals surface area contributed by atoms with Crippen LogP contribution in [0.25, 0.3) is 10.2 Å². The fourth-order valence-electron chi connectivity index (χ4n) is 2.62. The lowest BCUT2D eigenvalue weighted by atomic mass is 10.2. The molecule has 5 heteroatoms. The highest BCUT2D eigenvalue weighted by atomic mass is 32.1. The Balaban J connectivity index is 1.97. The highest BCUT2D eigenvalue weighted by molar-refractivity contribution is 7.17. The Hall–Kier alpha value is -1.98. The van der Waals surface area contributed by atoms with Crippen molar-refractivity contribution in [2.45, 2.75) is 13.5 Å². The molecule has 0 fully saturated rings. The van der Waals surface area contributed by atoms with E-state index in [1.165, 1.54) is 16.5 Å². The first-order valence-electron chi connectivity index (χ1n) is 7.77. The number of hydrogen-bond donors (Lipinski definition) is 0. The molecule has 2 heterocycles. The molecule has 0 spiro atoms. The molecule has 0 bridgehead atoms. The molecule has 120 valence electrons. The summed E-state index contributed by atoms with van der Waals surface area (Å²) in [5.74, 6) is 1.04. The second-order valence-corrected chi connectivity index (χ2v) is 6.86. The zero-order chi connectivity index (χ0) is 16.2. The van der Waals surface area contributed by atoms with E-state index in [-0.39, 0.29) is 0 Å². The van der Waals surface area contributed by atoms with Crippen LogP contribution in [-0.2, 0) is 6.54 Å².